The Morgan fingerprint density at radius 2 is 2.12 bits per heavy atom. The molecule has 0 N–H and O–H groups in total. The molecule has 0 bridgehead atoms. The average Bonchev–Trinajstić information content (AvgIpc) is 2.28. The van der Waals surface area contributed by atoms with E-state index in [1.807, 2.05) is 20.8 Å². The zero-order valence-corrected chi connectivity index (χ0v) is 11.2. The van der Waals surface area contributed by atoms with E-state index in [0.29, 0.717) is 23.7 Å². The van der Waals surface area contributed by atoms with Gasteiger partial charge in [0.15, 0.2) is 0 Å². The average molecular weight is 251 g/mol. The lowest BCUT2D eigenvalue weighted by molar-refractivity contribution is 0.342. The lowest BCUT2D eigenvalue weighted by Crippen LogP contribution is -2.26. The van der Waals surface area contributed by atoms with E-state index < -0.39 is 10.8 Å². The fraction of sp³-hybridized carbons (Fsp3) is 0.462. The summed E-state index contributed by atoms with van der Waals surface area (Å²) in [5, 5.41) is 8.73. The first-order valence-corrected chi connectivity index (χ1v) is 6.77. The van der Waals surface area contributed by atoms with Crippen molar-refractivity contribution in [3.05, 3.63) is 29.8 Å². The first-order valence-electron chi connectivity index (χ1n) is 5.45. The lowest BCUT2D eigenvalue weighted by Gasteiger charge is -2.17. The molecule has 0 saturated carbocycles. The van der Waals surface area contributed by atoms with E-state index in [2.05, 4.69) is 6.07 Å². The van der Waals surface area contributed by atoms with Gasteiger partial charge in [-0.25, -0.2) is 0 Å². The summed E-state index contributed by atoms with van der Waals surface area (Å²) in [6.45, 7) is 6.23. The van der Waals surface area contributed by atoms with Crippen LogP contribution in [0.3, 0.4) is 0 Å². The van der Waals surface area contributed by atoms with Gasteiger partial charge >= 0.3 is 0 Å². The topological polar surface area (TPSA) is 50.1 Å². The quantitative estimate of drug-likeness (QED) is 0.826. The van der Waals surface area contributed by atoms with Crippen LogP contribution in [0.1, 0.15) is 26.3 Å². The van der Waals surface area contributed by atoms with Crippen molar-refractivity contribution < 1.29 is 8.95 Å². The highest BCUT2D eigenvalue weighted by molar-refractivity contribution is 7.86. The SMILES string of the molecule is CC(C)(C)S(=O)CCOc1cccc(C#N)c1. The van der Waals surface area contributed by atoms with Gasteiger partial charge in [0.2, 0.25) is 0 Å². The van der Waals surface area contributed by atoms with Crippen LogP contribution in [0.5, 0.6) is 5.75 Å². The highest BCUT2D eigenvalue weighted by atomic mass is 32.2. The van der Waals surface area contributed by atoms with Gasteiger partial charge in [0.05, 0.1) is 24.0 Å². The maximum absolute atomic E-state index is 11.8. The molecule has 0 aliphatic rings. The van der Waals surface area contributed by atoms with E-state index in [9.17, 15) is 4.21 Å². The molecule has 0 heterocycles. The van der Waals surface area contributed by atoms with Crippen molar-refractivity contribution in [2.75, 3.05) is 12.4 Å². The summed E-state index contributed by atoms with van der Waals surface area (Å²) in [5.74, 6) is 1.15. The van der Waals surface area contributed by atoms with Crippen LogP contribution in [0.25, 0.3) is 0 Å². The molecule has 1 atom stereocenters. The van der Waals surface area contributed by atoms with Crippen LogP contribution < -0.4 is 4.74 Å². The summed E-state index contributed by atoms with van der Waals surface area (Å²) in [6, 6.07) is 9.02. The molecule has 0 saturated heterocycles. The molecule has 1 unspecified atom stereocenters. The Bertz CT molecular complexity index is 443. The standard InChI is InChI=1S/C13H17NO2S/c1-13(2,3)17(15)8-7-16-12-6-4-5-11(9-12)10-14/h4-6,9H,7-8H2,1-3H3. The van der Waals surface area contributed by atoms with Crippen LogP contribution in [-0.4, -0.2) is 21.3 Å². The van der Waals surface area contributed by atoms with Crippen LogP contribution in [0.4, 0.5) is 0 Å². The normalized spacial score (nSPS) is 12.8. The molecule has 0 spiro atoms. The highest BCUT2D eigenvalue weighted by Crippen LogP contribution is 2.14. The van der Waals surface area contributed by atoms with Gasteiger partial charge in [-0.1, -0.05) is 6.07 Å². The Morgan fingerprint density at radius 1 is 1.41 bits per heavy atom. The molecule has 0 aliphatic heterocycles. The summed E-state index contributed by atoms with van der Waals surface area (Å²) >= 11 is 0. The minimum Gasteiger partial charge on any atom is -0.493 e. The third-order valence-electron chi connectivity index (χ3n) is 2.18. The van der Waals surface area contributed by atoms with Gasteiger partial charge in [-0.2, -0.15) is 5.26 Å². The van der Waals surface area contributed by atoms with Gasteiger partial charge < -0.3 is 4.74 Å². The molecule has 1 aromatic rings. The van der Waals surface area contributed by atoms with Gasteiger partial charge in [-0.05, 0) is 39.0 Å². The lowest BCUT2D eigenvalue weighted by atomic mass is 10.2. The second kappa shape index (κ2) is 5.83. The number of nitriles is 1. The van der Waals surface area contributed by atoms with E-state index in [0.717, 1.165) is 0 Å². The van der Waals surface area contributed by atoms with E-state index in [-0.39, 0.29) is 4.75 Å². The molecule has 1 rings (SSSR count). The zero-order chi connectivity index (χ0) is 12.9. The molecular weight excluding hydrogens is 234 g/mol. The van der Waals surface area contributed by atoms with Gasteiger partial charge in [-0.15, -0.1) is 0 Å². The minimum absolute atomic E-state index is 0.210. The van der Waals surface area contributed by atoms with Crippen molar-refractivity contribution >= 4 is 10.8 Å². The molecule has 17 heavy (non-hydrogen) atoms. The second-order valence-electron chi connectivity index (χ2n) is 4.65. The molecule has 0 radical (unpaired) electrons. The highest BCUT2D eigenvalue weighted by Gasteiger charge is 2.18. The molecule has 92 valence electrons. The summed E-state index contributed by atoms with van der Waals surface area (Å²) < 4.78 is 17.0. The molecule has 1 aromatic carbocycles. The summed E-state index contributed by atoms with van der Waals surface area (Å²) in [5.41, 5.74) is 0.569. The zero-order valence-electron chi connectivity index (χ0n) is 10.4. The van der Waals surface area contributed by atoms with Gasteiger partial charge in [0, 0.05) is 15.5 Å². The van der Waals surface area contributed by atoms with Crippen molar-refractivity contribution in [1.82, 2.24) is 0 Å². The van der Waals surface area contributed by atoms with Crippen LogP contribution in [0, 0.1) is 11.3 Å². The Kier molecular flexibility index (Phi) is 4.71. The number of benzene rings is 1. The minimum atomic E-state index is -0.908. The van der Waals surface area contributed by atoms with Gasteiger partial charge in [-0.3, -0.25) is 4.21 Å². The van der Waals surface area contributed by atoms with Crippen molar-refractivity contribution in [3.8, 4) is 11.8 Å². The third-order valence-corrected chi connectivity index (χ3v) is 4.09. The van der Waals surface area contributed by atoms with Crippen molar-refractivity contribution in [2.24, 2.45) is 0 Å². The number of ether oxygens (including phenoxy) is 1. The predicted molar refractivity (Wildman–Crippen MR) is 69.4 cm³/mol. The summed E-state index contributed by atoms with van der Waals surface area (Å²) in [6.07, 6.45) is 0. The van der Waals surface area contributed by atoms with E-state index in [1.165, 1.54) is 0 Å². The molecule has 4 heteroatoms. The van der Waals surface area contributed by atoms with E-state index in [4.69, 9.17) is 10.00 Å². The number of rotatable bonds is 4. The summed E-state index contributed by atoms with van der Waals surface area (Å²) in [4.78, 5) is 0. The van der Waals surface area contributed by atoms with Crippen molar-refractivity contribution in [3.63, 3.8) is 0 Å². The Morgan fingerprint density at radius 3 is 2.71 bits per heavy atom. The molecule has 0 amide bonds. The van der Waals surface area contributed by atoms with Crippen LogP contribution >= 0.6 is 0 Å². The smallest absolute Gasteiger partial charge is 0.120 e. The fourth-order valence-corrected chi connectivity index (χ4v) is 2.04. The maximum atomic E-state index is 11.8. The Hall–Kier alpha value is -1.34. The van der Waals surface area contributed by atoms with Crippen molar-refractivity contribution in [1.29, 1.82) is 5.26 Å². The molecule has 0 fully saturated rings. The van der Waals surface area contributed by atoms with Crippen LogP contribution in [-0.2, 0) is 10.8 Å². The number of hydrogen-bond acceptors (Lipinski definition) is 3. The molecular formula is C13H17NO2S. The molecule has 3 nitrogen and oxygen atoms in total. The van der Waals surface area contributed by atoms with E-state index >= 15 is 0 Å². The van der Waals surface area contributed by atoms with Crippen LogP contribution in [0.2, 0.25) is 0 Å². The Balaban J connectivity index is 2.47. The fourth-order valence-electron chi connectivity index (χ4n) is 1.20. The molecule has 0 aliphatic carbocycles. The number of nitrogens with zero attached hydrogens (tertiary/aromatic N) is 1. The van der Waals surface area contributed by atoms with Gasteiger partial charge in [0.25, 0.3) is 0 Å². The first kappa shape index (κ1) is 13.7. The largest absolute Gasteiger partial charge is 0.493 e. The molecule has 0 aromatic heterocycles. The Labute approximate surface area is 105 Å². The number of hydrogen-bond donors (Lipinski definition) is 0. The summed E-state index contributed by atoms with van der Waals surface area (Å²) in [7, 11) is -0.908. The predicted octanol–water partition coefficient (Wildman–Crippen LogP) is 2.48. The second-order valence-corrected chi connectivity index (χ2v) is 6.97. The maximum Gasteiger partial charge on any atom is 0.120 e. The van der Waals surface area contributed by atoms with Crippen molar-refractivity contribution in [2.45, 2.75) is 25.5 Å². The van der Waals surface area contributed by atoms with Gasteiger partial charge in [0.1, 0.15) is 5.75 Å². The third kappa shape index (κ3) is 4.58. The van der Waals surface area contributed by atoms with Crippen LogP contribution in [0.15, 0.2) is 24.3 Å². The first-order chi connectivity index (χ1) is 7.93. The monoisotopic (exact) mass is 251 g/mol. The van der Waals surface area contributed by atoms with E-state index in [1.54, 1.807) is 24.3 Å².